The van der Waals surface area contributed by atoms with Gasteiger partial charge in [0.05, 0.1) is 0 Å². The molecule has 1 heteroatoms. The van der Waals surface area contributed by atoms with E-state index in [1.807, 2.05) is 0 Å². The highest BCUT2D eigenvalue weighted by Gasteiger charge is 2.22. The Balaban J connectivity index is 2.38. The molecule has 0 nitrogen and oxygen atoms in total. The Bertz CT molecular complexity index is 110. The minimum Gasteiger partial charge on any atom is -0.0922 e. The standard InChI is InChI=1S/C11H21Br/c1-11(10-12)8-6-4-2-3-5-7-9-11/h2-10H2,1H3. The molecular formula is C11H21Br. The van der Waals surface area contributed by atoms with E-state index in [0.29, 0.717) is 5.41 Å². The van der Waals surface area contributed by atoms with E-state index >= 15 is 0 Å². The lowest BCUT2D eigenvalue weighted by Crippen LogP contribution is -2.17. The minimum atomic E-state index is 0.602. The van der Waals surface area contributed by atoms with Crippen LogP contribution in [0, 0.1) is 5.41 Å². The summed E-state index contributed by atoms with van der Waals surface area (Å²) in [6.45, 7) is 2.44. The Labute approximate surface area is 85.3 Å². The van der Waals surface area contributed by atoms with Crippen molar-refractivity contribution in [2.24, 2.45) is 5.41 Å². The van der Waals surface area contributed by atoms with E-state index in [1.165, 1.54) is 56.7 Å². The third kappa shape index (κ3) is 3.47. The van der Waals surface area contributed by atoms with Crippen molar-refractivity contribution < 1.29 is 0 Å². The maximum Gasteiger partial charge on any atom is 0.00853 e. The van der Waals surface area contributed by atoms with E-state index in [1.54, 1.807) is 0 Å². The molecule has 72 valence electrons. The summed E-state index contributed by atoms with van der Waals surface area (Å²) < 4.78 is 0. The molecule has 12 heavy (non-hydrogen) atoms. The molecule has 0 saturated heterocycles. The SMILES string of the molecule is CC1(CBr)CCCCCCCC1. The van der Waals surface area contributed by atoms with Crippen LogP contribution < -0.4 is 0 Å². The summed E-state index contributed by atoms with van der Waals surface area (Å²) in [4.78, 5) is 0. The van der Waals surface area contributed by atoms with Gasteiger partial charge in [-0.25, -0.2) is 0 Å². The van der Waals surface area contributed by atoms with E-state index < -0.39 is 0 Å². The van der Waals surface area contributed by atoms with Gasteiger partial charge in [-0.2, -0.15) is 0 Å². The van der Waals surface area contributed by atoms with Gasteiger partial charge in [0.1, 0.15) is 0 Å². The van der Waals surface area contributed by atoms with Crippen LogP contribution in [0.1, 0.15) is 58.3 Å². The van der Waals surface area contributed by atoms with E-state index in [0.717, 1.165) is 0 Å². The second kappa shape index (κ2) is 5.26. The summed E-state index contributed by atoms with van der Waals surface area (Å²) >= 11 is 3.65. The van der Waals surface area contributed by atoms with Gasteiger partial charge in [-0.15, -0.1) is 0 Å². The first-order valence-electron chi connectivity index (χ1n) is 5.33. The van der Waals surface area contributed by atoms with Crippen molar-refractivity contribution in [1.82, 2.24) is 0 Å². The lowest BCUT2D eigenvalue weighted by atomic mass is 9.83. The van der Waals surface area contributed by atoms with Gasteiger partial charge < -0.3 is 0 Å². The first kappa shape index (κ1) is 10.6. The average molecular weight is 233 g/mol. The lowest BCUT2D eigenvalue weighted by molar-refractivity contribution is 0.304. The van der Waals surface area contributed by atoms with Crippen LogP contribution in [-0.4, -0.2) is 5.33 Å². The van der Waals surface area contributed by atoms with Crippen LogP contribution in [0.2, 0.25) is 0 Å². The molecule has 0 aliphatic heterocycles. The van der Waals surface area contributed by atoms with Gasteiger partial charge >= 0.3 is 0 Å². The molecule has 0 spiro atoms. The van der Waals surface area contributed by atoms with Crippen molar-refractivity contribution in [1.29, 1.82) is 0 Å². The third-order valence-electron chi connectivity index (χ3n) is 3.13. The molecule has 1 fully saturated rings. The summed E-state index contributed by atoms with van der Waals surface area (Å²) in [6, 6.07) is 0. The van der Waals surface area contributed by atoms with Gasteiger partial charge in [-0.1, -0.05) is 61.4 Å². The molecule has 0 aromatic carbocycles. The quantitative estimate of drug-likeness (QED) is 0.584. The Morgan fingerprint density at radius 2 is 1.33 bits per heavy atom. The van der Waals surface area contributed by atoms with Gasteiger partial charge in [-0.3, -0.25) is 0 Å². The van der Waals surface area contributed by atoms with Crippen LogP contribution in [0.25, 0.3) is 0 Å². The summed E-state index contributed by atoms with van der Waals surface area (Å²) in [5.74, 6) is 0. The highest BCUT2D eigenvalue weighted by atomic mass is 79.9. The molecule has 0 bridgehead atoms. The molecule has 0 N–H and O–H groups in total. The van der Waals surface area contributed by atoms with Crippen molar-refractivity contribution in [3.05, 3.63) is 0 Å². The zero-order valence-corrected chi connectivity index (χ0v) is 9.83. The molecule has 0 aromatic heterocycles. The number of halogens is 1. The monoisotopic (exact) mass is 232 g/mol. The maximum absolute atomic E-state index is 3.65. The van der Waals surface area contributed by atoms with Crippen LogP contribution in [-0.2, 0) is 0 Å². The van der Waals surface area contributed by atoms with E-state index in [4.69, 9.17) is 0 Å². The molecule has 0 unspecified atom stereocenters. The molecule has 1 aliphatic rings. The number of alkyl halides is 1. The van der Waals surface area contributed by atoms with Crippen LogP contribution in [0.15, 0.2) is 0 Å². The highest BCUT2D eigenvalue weighted by Crippen LogP contribution is 2.34. The maximum atomic E-state index is 3.65. The van der Waals surface area contributed by atoms with Crippen LogP contribution in [0.5, 0.6) is 0 Å². The molecule has 0 radical (unpaired) electrons. The second-order valence-corrected chi connectivity index (χ2v) is 5.13. The number of rotatable bonds is 1. The Morgan fingerprint density at radius 1 is 0.917 bits per heavy atom. The van der Waals surface area contributed by atoms with Gasteiger partial charge in [0, 0.05) is 5.33 Å². The topological polar surface area (TPSA) is 0 Å². The van der Waals surface area contributed by atoms with Crippen molar-refractivity contribution in [2.45, 2.75) is 58.3 Å². The fourth-order valence-electron chi connectivity index (χ4n) is 2.07. The Morgan fingerprint density at radius 3 is 1.75 bits per heavy atom. The zero-order valence-electron chi connectivity index (χ0n) is 8.24. The summed E-state index contributed by atoms with van der Waals surface area (Å²) in [6.07, 6.45) is 11.6. The third-order valence-corrected chi connectivity index (χ3v) is 4.49. The number of hydrogen-bond acceptors (Lipinski definition) is 0. The van der Waals surface area contributed by atoms with Crippen LogP contribution in [0.4, 0.5) is 0 Å². The van der Waals surface area contributed by atoms with E-state index in [2.05, 4.69) is 22.9 Å². The Hall–Kier alpha value is 0.480. The molecule has 0 heterocycles. The van der Waals surface area contributed by atoms with Crippen LogP contribution >= 0.6 is 15.9 Å². The van der Waals surface area contributed by atoms with Crippen molar-refractivity contribution >= 4 is 15.9 Å². The first-order chi connectivity index (χ1) is 5.77. The van der Waals surface area contributed by atoms with Gasteiger partial charge in [0.15, 0.2) is 0 Å². The summed E-state index contributed by atoms with van der Waals surface area (Å²) in [5.41, 5.74) is 0.602. The smallest absolute Gasteiger partial charge is 0.00853 e. The first-order valence-corrected chi connectivity index (χ1v) is 6.45. The van der Waals surface area contributed by atoms with E-state index in [9.17, 15) is 0 Å². The fourth-order valence-corrected chi connectivity index (χ4v) is 2.63. The molecule has 0 aromatic rings. The second-order valence-electron chi connectivity index (χ2n) is 4.57. The molecule has 0 amide bonds. The molecular weight excluding hydrogens is 212 g/mol. The summed E-state index contributed by atoms with van der Waals surface area (Å²) in [7, 11) is 0. The molecule has 1 saturated carbocycles. The van der Waals surface area contributed by atoms with Crippen LogP contribution in [0.3, 0.4) is 0 Å². The lowest BCUT2D eigenvalue weighted by Gasteiger charge is -2.26. The van der Waals surface area contributed by atoms with Gasteiger partial charge in [0.25, 0.3) is 0 Å². The zero-order chi connectivity index (χ0) is 8.86. The molecule has 1 aliphatic carbocycles. The molecule has 0 atom stereocenters. The normalized spacial score (nSPS) is 25.5. The number of hydrogen-bond donors (Lipinski definition) is 0. The fraction of sp³-hybridized carbons (Fsp3) is 1.00. The molecule has 1 rings (SSSR count). The van der Waals surface area contributed by atoms with Crippen molar-refractivity contribution in [3.8, 4) is 0 Å². The van der Waals surface area contributed by atoms with Crippen molar-refractivity contribution in [2.75, 3.05) is 5.33 Å². The largest absolute Gasteiger partial charge is 0.0922 e. The van der Waals surface area contributed by atoms with Crippen molar-refractivity contribution in [3.63, 3.8) is 0 Å². The predicted octanol–water partition coefficient (Wildman–Crippen LogP) is 4.52. The minimum absolute atomic E-state index is 0.602. The highest BCUT2D eigenvalue weighted by molar-refractivity contribution is 9.09. The average Bonchev–Trinajstić information content (AvgIpc) is 2.18. The Kier molecular flexibility index (Phi) is 4.63. The summed E-state index contributed by atoms with van der Waals surface area (Å²) in [5, 5.41) is 1.19. The predicted molar refractivity (Wildman–Crippen MR) is 58.8 cm³/mol. The van der Waals surface area contributed by atoms with Gasteiger partial charge in [0.2, 0.25) is 0 Å². The van der Waals surface area contributed by atoms with Gasteiger partial charge in [-0.05, 0) is 18.3 Å². The van der Waals surface area contributed by atoms with E-state index in [-0.39, 0.29) is 0 Å².